The van der Waals surface area contributed by atoms with Crippen LogP contribution in [-0.2, 0) is 0 Å². The number of nitrogens with zero attached hydrogens (tertiary/aromatic N) is 1. The summed E-state index contributed by atoms with van der Waals surface area (Å²) in [6.45, 7) is 1.53. The number of phenols is 1. The van der Waals surface area contributed by atoms with Crippen LogP contribution in [0.5, 0.6) is 5.75 Å². The van der Waals surface area contributed by atoms with Gasteiger partial charge in [-0.2, -0.15) is 0 Å². The van der Waals surface area contributed by atoms with Crippen LogP contribution in [0.25, 0.3) is 22.4 Å². The molecule has 0 radical (unpaired) electrons. The summed E-state index contributed by atoms with van der Waals surface area (Å²) in [5.41, 5.74) is 11.2. The number of nitrogens with two attached hydrogens (primary N) is 1. The third kappa shape index (κ3) is 4.74. The molecule has 0 fully saturated rings. The molecule has 172 valence electrons. The van der Waals surface area contributed by atoms with Gasteiger partial charge in [-0.15, -0.1) is 0 Å². The van der Waals surface area contributed by atoms with E-state index in [1.807, 2.05) is 42.5 Å². The third-order valence-electron chi connectivity index (χ3n) is 5.60. The fourth-order valence-corrected chi connectivity index (χ4v) is 3.85. The highest BCUT2D eigenvalue weighted by atomic mass is 19.1. The lowest BCUT2D eigenvalue weighted by molar-refractivity contribution is 0.276. The number of aliphatic hydroxyl groups excluding tert-OH is 1. The van der Waals surface area contributed by atoms with E-state index in [2.05, 4.69) is 10.3 Å². The van der Waals surface area contributed by atoms with Crippen molar-refractivity contribution in [2.45, 2.75) is 13.0 Å². The van der Waals surface area contributed by atoms with Crippen molar-refractivity contribution in [3.63, 3.8) is 0 Å². The van der Waals surface area contributed by atoms with Gasteiger partial charge in [0.15, 0.2) is 0 Å². The summed E-state index contributed by atoms with van der Waals surface area (Å²) in [5.74, 6) is -0.783. The predicted molar refractivity (Wildman–Crippen MR) is 134 cm³/mol. The summed E-state index contributed by atoms with van der Waals surface area (Å²) in [7, 11) is 0. The number of hydrogen-bond acceptors (Lipinski definition) is 6. The standard InChI is InChI=1S/C27H25FN4O2/c1-16(29)22-11-18(7-10-24(22)30)23-13-20(32-25(15-33)17-5-3-2-4-6-17)14-31-27(23)21-9-8-19(28)12-26(21)34/h2-14,25,29,32-34H,15,30H2,1H3. The lowest BCUT2D eigenvalue weighted by atomic mass is 9.95. The molecule has 1 heterocycles. The highest BCUT2D eigenvalue weighted by Crippen LogP contribution is 2.38. The molecular formula is C27H25FN4O2. The van der Waals surface area contributed by atoms with Gasteiger partial charge in [-0.1, -0.05) is 36.4 Å². The molecule has 1 unspecified atom stereocenters. The lowest BCUT2D eigenvalue weighted by Crippen LogP contribution is -2.15. The third-order valence-corrected chi connectivity index (χ3v) is 5.60. The van der Waals surface area contributed by atoms with Crippen LogP contribution in [0.1, 0.15) is 24.1 Å². The number of aliphatic hydroxyl groups is 1. The Balaban J connectivity index is 1.85. The summed E-state index contributed by atoms with van der Waals surface area (Å²) in [4.78, 5) is 4.58. The van der Waals surface area contributed by atoms with Gasteiger partial charge in [0.2, 0.25) is 0 Å². The second-order valence-electron chi connectivity index (χ2n) is 8.00. The van der Waals surface area contributed by atoms with E-state index in [0.717, 1.165) is 17.2 Å². The molecular weight excluding hydrogens is 431 g/mol. The molecule has 0 aliphatic rings. The molecule has 0 spiro atoms. The highest BCUT2D eigenvalue weighted by Gasteiger charge is 2.17. The zero-order chi connectivity index (χ0) is 24.2. The maximum atomic E-state index is 13.6. The number of rotatable bonds is 7. The molecule has 4 aromatic rings. The summed E-state index contributed by atoms with van der Waals surface area (Å²) in [6.07, 6.45) is 1.60. The Morgan fingerprint density at radius 3 is 2.50 bits per heavy atom. The largest absolute Gasteiger partial charge is 0.507 e. The van der Waals surface area contributed by atoms with Gasteiger partial charge in [-0.3, -0.25) is 4.98 Å². The van der Waals surface area contributed by atoms with Crippen LogP contribution in [0.4, 0.5) is 15.8 Å². The maximum Gasteiger partial charge on any atom is 0.127 e. The van der Waals surface area contributed by atoms with Crippen molar-refractivity contribution in [1.82, 2.24) is 4.98 Å². The van der Waals surface area contributed by atoms with Crippen molar-refractivity contribution >= 4 is 17.1 Å². The van der Waals surface area contributed by atoms with Crippen LogP contribution in [-0.4, -0.2) is 27.5 Å². The minimum Gasteiger partial charge on any atom is -0.507 e. The van der Waals surface area contributed by atoms with E-state index in [-0.39, 0.29) is 18.4 Å². The predicted octanol–water partition coefficient (Wildman–Crippen LogP) is 5.38. The molecule has 0 aliphatic carbocycles. The lowest BCUT2D eigenvalue weighted by Gasteiger charge is -2.20. The zero-order valence-corrected chi connectivity index (χ0v) is 18.6. The molecule has 4 rings (SSSR count). The van der Waals surface area contributed by atoms with Gasteiger partial charge >= 0.3 is 0 Å². The summed E-state index contributed by atoms with van der Waals surface area (Å²) < 4.78 is 13.6. The average Bonchev–Trinajstić information content (AvgIpc) is 2.83. The Morgan fingerprint density at radius 1 is 1.06 bits per heavy atom. The molecule has 1 atom stereocenters. The fourth-order valence-electron chi connectivity index (χ4n) is 3.85. The minimum atomic E-state index is -0.552. The number of pyridine rings is 1. The molecule has 0 bridgehead atoms. The molecule has 0 aliphatic heterocycles. The van der Waals surface area contributed by atoms with Crippen LogP contribution in [0.2, 0.25) is 0 Å². The molecule has 1 aromatic heterocycles. The number of nitrogen functional groups attached to an aromatic ring is 1. The van der Waals surface area contributed by atoms with Gasteiger partial charge in [0.05, 0.1) is 30.2 Å². The van der Waals surface area contributed by atoms with Crippen molar-refractivity contribution in [3.05, 3.63) is 95.9 Å². The molecule has 3 aromatic carbocycles. The Bertz CT molecular complexity index is 1340. The Hall–Kier alpha value is -4.23. The van der Waals surface area contributed by atoms with E-state index in [1.165, 1.54) is 12.1 Å². The first kappa shape index (κ1) is 22.9. The quantitative estimate of drug-likeness (QED) is 0.189. The second kappa shape index (κ2) is 9.72. The first-order chi connectivity index (χ1) is 16.4. The Labute approximate surface area is 197 Å². The monoisotopic (exact) mass is 456 g/mol. The smallest absolute Gasteiger partial charge is 0.127 e. The minimum absolute atomic E-state index is 0.126. The van der Waals surface area contributed by atoms with Crippen molar-refractivity contribution in [3.8, 4) is 28.1 Å². The number of halogens is 1. The Kier molecular flexibility index (Phi) is 6.56. The van der Waals surface area contributed by atoms with Gasteiger partial charge in [0.25, 0.3) is 0 Å². The average molecular weight is 457 g/mol. The van der Waals surface area contributed by atoms with Crippen molar-refractivity contribution in [2.75, 3.05) is 17.7 Å². The van der Waals surface area contributed by atoms with Gasteiger partial charge < -0.3 is 26.7 Å². The van der Waals surface area contributed by atoms with Crippen LogP contribution in [0.15, 0.2) is 79.0 Å². The van der Waals surface area contributed by atoms with Crippen LogP contribution < -0.4 is 11.1 Å². The van der Waals surface area contributed by atoms with Crippen LogP contribution in [0.3, 0.4) is 0 Å². The van der Waals surface area contributed by atoms with E-state index in [0.29, 0.717) is 39.5 Å². The molecule has 6 nitrogen and oxygen atoms in total. The molecule has 0 saturated heterocycles. The Morgan fingerprint density at radius 2 is 1.82 bits per heavy atom. The summed E-state index contributed by atoms with van der Waals surface area (Å²) >= 11 is 0. The first-order valence-corrected chi connectivity index (χ1v) is 10.7. The number of anilines is 2. The molecule has 6 N–H and O–H groups in total. The van der Waals surface area contributed by atoms with Gasteiger partial charge in [0.1, 0.15) is 11.6 Å². The number of aromatic hydroxyl groups is 1. The number of aromatic nitrogens is 1. The van der Waals surface area contributed by atoms with Gasteiger partial charge in [-0.25, -0.2) is 4.39 Å². The molecule has 7 heteroatoms. The van der Waals surface area contributed by atoms with Crippen molar-refractivity contribution < 1.29 is 14.6 Å². The number of benzene rings is 3. The van der Waals surface area contributed by atoms with Gasteiger partial charge in [-0.05, 0) is 48.4 Å². The van der Waals surface area contributed by atoms with Crippen molar-refractivity contribution in [1.29, 1.82) is 5.41 Å². The number of nitrogens with one attached hydrogen (secondary N) is 2. The summed E-state index contributed by atoms with van der Waals surface area (Å²) in [6, 6.07) is 20.2. The van der Waals surface area contributed by atoms with E-state index < -0.39 is 5.82 Å². The fraction of sp³-hybridized carbons (Fsp3) is 0.111. The summed E-state index contributed by atoms with van der Waals surface area (Å²) in [5, 5.41) is 31.7. The zero-order valence-electron chi connectivity index (χ0n) is 18.6. The molecule has 0 saturated carbocycles. The normalized spacial score (nSPS) is 11.7. The van der Waals surface area contributed by atoms with Crippen LogP contribution in [0, 0.1) is 11.2 Å². The van der Waals surface area contributed by atoms with Crippen LogP contribution >= 0.6 is 0 Å². The van der Waals surface area contributed by atoms with E-state index in [9.17, 15) is 14.6 Å². The SMILES string of the molecule is CC(=N)c1cc(-c2cc(NC(CO)c3ccccc3)cnc2-c2ccc(F)cc2O)ccc1N. The first-order valence-electron chi connectivity index (χ1n) is 10.7. The van der Waals surface area contributed by atoms with E-state index in [1.54, 1.807) is 25.3 Å². The highest BCUT2D eigenvalue weighted by molar-refractivity contribution is 6.02. The number of phenolic OH excluding ortho intramolecular Hbond substituents is 1. The molecule has 0 amide bonds. The maximum absolute atomic E-state index is 13.6. The second-order valence-corrected chi connectivity index (χ2v) is 8.00. The van der Waals surface area contributed by atoms with E-state index in [4.69, 9.17) is 11.1 Å². The van der Waals surface area contributed by atoms with E-state index >= 15 is 0 Å². The number of hydrogen-bond donors (Lipinski definition) is 5. The van der Waals surface area contributed by atoms with Crippen molar-refractivity contribution in [2.24, 2.45) is 0 Å². The topological polar surface area (TPSA) is 115 Å². The molecule has 34 heavy (non-hydrogen) atoms. The van der Waals surface area contributed by atoms with Gasteiger partial charge in [0, 0.05) is 34.2 Å².